The normalized spacial score (nSPS) is 18.9. The third kappa shape index (κ3) is 5.03. The molecule has 2 heterocycles. The van der Waals surface area contributed by atoms with E-state index in [9.17, 15) is 13.2 Å². The number of carbonyl (C=O) groups is 1. The van der Waals surface area contributed by atoms with Crippen LogP contribution >= 0.6 is 0 Å². The van der Waals surface area contributed by atoms with E-state index in [1.165, 1.54) is 18.0 Å². The Morgan fingerprint density at radius 1 is 1.15 bits per heavy atom. The predicted octanol–water partition coefficient (Wildman–Crippen LogP) is 2.63. The minimum Gasteiger partial charge on any atom is -0.366 e. The molecule has 0 spiro atoms. The highest BCUT2D eigenvalue weighted by atomic mass is 32.2. The van der Waals surface area contributed by atoms with E-state index in [-0.39, 0.29) is 34.6 Å². The minimum absolute atomic E-state index is 0.0451. The lowest BCUT2D eigenvalue weighted by molar-refractivity contribution is 0.102. The highest BCUT2D eigenvalue weighted by Gasteiger charge is 2.28. The van der Waals surface area contributed by atoms with Gasteiger partial charge in [-0.25, -0.2) is 18.4 Å². The molecule has 1 atom stereocenters. The molecule has 27 heavy (non-hydrogen) atoms. The summed E-state index contributed by atoms with van der Waals surface area (Å²) in [7, 11) is -2.98. The number of amides is 1. The SMILES string of the molecule is CC(C)(C)c1ccc(NC(=O)c2cc(NC3CCS(=O)(=O)C3)ncn2)cc1. The molecule has 1 aromatic carbocycles. The lowest BCUT2D eigenvalue weighted by Crippen LogP contribution is -2.22. The van der Waals surface area contributed by atoms with Crippen molar-refractivity contribution >= 4 is 27.2 Å². The standard InChI is InChI=1S/C19H24N4O3S/c1-19(2,3)13-4-6-14(7-5-13)23-18(24)16-10-17(21-12-20-16)22-15-8-9-27(25,26)11-15/h4-7,10,12,15H,8-9,11H2,1-3H3,(H,23,24)(H,20,21,22). The smallest absolute Gasteiger partial charge is 0.274 e. The summed E-state index contributed by atoms with van der Waals surface area (Å²) in [6, 6.07) is 9.05. The van der Waals surface area contributed by atoms with Crippen molar-refractivity contribution in [2.45, 2.75) is 38.6 Å². The first kappa shape index (κ1) is 19.3. The van der Waals surface area contributed by atoms with Crippen LogP contribution in [-0.2, 0) is 15.3 Å². The largest absolute Gasteiger partial charge is 0.366 e. The highest BCUT2D eigenvalue weighted by Crippen LogP contribution is 2.23. The Bertz CT molecular complexity index is 934. The van der Waals surface area contributed by atoms with Gasteiger partial charge in [-0.05, 0) is 29.5 Å². The second-order valence-electron chi connectivity index (χ2n) is 7.81. The molecule has 1 amide bonds. The van der Waals surface area contributed by atoms with Crippen molar-refractivity contribution in [2.24, 2.45) is 0 Å². The fourth-order valence-corrected chi connectivity index (χ4v) is 4.60. The second-order valence-corrected chi connectivity index (χ2v) is 10.0. The van der Waals surface area contributed by atoms with Gasteiger partial charge in [0.15, 0.2) is 9.84 Å². The number of sulfone groups is 1. The van der Waals surface area contributed by atoms with Gasteiger partial charge < -0.3 is 10.6 Å². The fraction of sp³-hybridized carbons (Fsp3) is 0.421. The van der Waals surface area contributed by atoms with Crippen molar-refractivity contribution in [2.75, 3.05) is 22.1 Å². The Morgan fingerprint density at radius 2 is 1.85 bits per heavy atom. The highest BCUT2D eigenvalue weighted by molar-refractivity contribution is 7.91. The summed E-state index contributed by atoms with van der Waals surface area (Å²) in [4.78, 5) is 20.6. The van der Waals surface area contributed by atoms with Crippen molar-refractivity contribution in [3.8, 4) is 0 Å². The number of anilines is 2. The summed E-state index contributed by atoms with van der Waals surface area (Å²) >= 11 is 0. The maximum atomic E-state index is 12.5. The van der Waals surface area contributed by atoms with E-state index in [1.807, 2.05) is 24.3 Å². The Morgan fingerprint density at radius 3 is 2.44 bits per heavy atom. The number of aromatic nitrogens is 2. The van der Waals surface area contributed by atoms with Gasteiger partial charge >= 0.3 is 0 Å². The van der Waals surface area contributed by atoms with Crippen molar-refractivity contribution in [3.63, 3.8) is 0 Å². The van der Waals surface area contributed by atoms with Gasteiger partial charge in [-0.15, -0.1) is 0 Å². The number of nitrogens with zero attached hydrogens (tertiary/aromatic N) is 2. The lowest BCUT2D eigenvalue weighted by Gasteiger charge is -2.19. The van der Waals surface area contributed by atoms with Crippen LogP contribution in [0.25, 0.3) is 0 Å². The van der Waals surface area contributed by atoms with E-state index >= 15 is 0 Å². The molecule has 1 unspecified atom stereocenters. The molecule has 0 aliphatic carbocycles. The first-order valence-electron chi connectivity index (χ1n) is 8.83. The molecule has 2 aromatic rings. The molecule has 1 fully saturated rings. The van der Waals surface area contributed by atoms with E-state index in [1.54, 1.807) is 0 Å². The van der Waals surface area contributed by atoms with Crippen molar-refractivity contribution in [3.05, 3.63) is 47.9 Å². The molecular weight excluding hydrogens is 364 g/mol. The molecule has 0 saturated carbocycles. The molecular formula is C19H24N4O3S. The van der Waals surface area contributed by atoms with Crippen molar-refractivity contribution in [1.82, 2.24) is 9.97 Å². The third-order valence-corrected chi connectivity index (χ3v) is 6.26. The third-order valence-electron chi connectivity index (χ3n) is 4.49. The van der Waals surface area contributed by atoms with E-state index in [0.29, 0.717) is 17.9 Å². The number of rotatable bonds is 4. The molecule has 1 aliphatic rings. The van der Waals surface area contributed by atoms with Crippen LogP contribution in [0.5, 0.6) is 0 Å². The summed E-state index contributed by atoms with van der Waals surface area (Å²) in [5.74, 6) is 0.357. The summed E-state index contributed by atoms with van der Waals surface area (Å²) in [6.07, 6.45) is 1.83. The molecule has 8 heteroatoms. The number of hydrogen-bond acceptors (Lipinski definition) is 6. The zero-order valence-corrected chi connectivity index (χ0v) is 16.5. The van der Waals surface area contributed by atoms with Gasteiger partial charge in [0.2, 0.25) is 0 Å². The summed E-state index contributed by atoms with van der Waals surface area (Å²) in [6.45, 7) is 6.39. The molecule has 1 saturated heterocycles. The molecule has 1 aliphatic heterocycles. The van der Waals surface area contributed by atoms with Crippen LogP contribution in [0.1, 0.15) is 43.2 Å². The molecule has 7 nitrogen and oxygen atoms in total. The maximum absolute atomic E-state index is 12.5. The predicted molar refractivity (Wildman–Crippen MR) is 106 cm³/mol. The molecule has 0 radical (unpaired) electrons. The first-order valence-corrected chi connectivity index (χ1v) is 10.7. The van der Waals surface area contributed by atoms with Crippen molar-refractivity contribution < 1.29 is 13.2 Å². The quantitative estimate of drug-likeness (QED) is 0.835. The molecule has 144 valence electrons. The maximum Gasteiger partial charge on any atom is 0.274 e. The summed E-state index contributed by atoms with van der Waals surface area (Å²) in [5.41, 5.74) is 2.13. The molecule has 0 bridgehead atoms. The average molecular weight is 388 g/mol. The summed E-state index contributed by atoms with van der Waals surface area (Å²) in [5, 5.41) is 5.89. The Hall–Kier alpha value is -2.48. The molecule has 3 rings (SSSR count). The second kappa shape index (κ2) is 7.26. The van der Waals surface area contributed by atoms with E-state index in [4.69, 9.17) is 0 Å². The van der Waals surface area contributed by atoms with Gasteiger partial charge in [0.1, 0.15) is 17.8 Å². The number of hydrogen-bond donors (Lipinski definition) is 2. The van der Waals surface area contributed by atoms with Gasteiger partial charge in [-0.2, -0.15) is 0 Å². The first-order chi connectivity index (χ1) is 12.6. The van der Waals surface area contributed by atoms with Gasteiger partial charge in [0, 0.05) is 17.8 Å². The van der Waals surface area contributed by atoms with Gasteiger partial charge in [-0.1, -0.05) is 32.9 Å². The Balaban J connectivity index is 1.67. The van der Waals surface area contributed by atoms with Crippen LogP contribution in [0.4, 0.5) is 11.5 Å². The number of carbonyl (C=O) groups excluding carboxylic acids is 1. The zero-order valence-electron chi connectivity index (χ0n) is 15.7. The van der Waals surface area contributed by atoms with E-state index < -0.39 is 9.84 Å². The molecule has 1 aromatic heterocycles. The van der Waals surface area contributed by atoms with Gasteiger partial charge in [0.25, 0.3) is 5.91 Å². The Labute approximate surface area is 159 Å². The van der Waals surface area contributed by atoms with E-state index in [2.05, 4.69) is 41.4 Å². The van der Waals surface area contributed by atoms with Gasteiger partial charge in [-0.3, -0.25) is 4.79 Å². The zero-order chi connectivity index (χ0) is 19.7. The average Bonchev–Trinajstić information content (AvgIpc) is 2.93. The van der Waals surface area contributed by atoms with E-state index in [0.717, 1.165) is 0 Å². The van der Waals surface area contributed by atoms with Crippen LogP contribution in [0, 0.1) is 0 Å². The van der Waals surface area contributed by atoms with Crippen LogP contribution in [0.3, 0.4) is 0 Å². The Kier molecular flexibility index (Phi) is 5.19. The van der Waals surface area contributed by atoms with Crippen LogP contribution < -0.4 is 10.6 Å². The fourth-order valence-electron chi connectivity index (χ4n) is 2.93. The minimum atomic E-state index is -2.98. The van der Waals surface area contributed by atoms with Crippen molar-refractivity contribution in [1.29, 1.82) is 0 Å². The monoisotopic (exact) mass is 388 g/mol. The summed E-state index contributed by atoms with van der Waals surface area (Å²) < 4.78 is 23.1. The number of benzene rings is 1. The molecule has 2 N–H and O–H groups in total. The van der Waals surface area contributed by atoms with Crippen LogP contribution in [0.15, 0.2) is 36.7 Å². The van der Waals surface area contributed by atoms with Crippen LogP contribution in [-0.4, -0.2) is 41.8 Å². The topological polar surface area (TPSA) is 101 Å². The van der Waals surface area contributed by atoms with Crippen LogP contribution in [0.2, 0.25) is 0 Å². The number of nitrogens with one attached hydrogen (secondary N) is 2. The lowest BCUT2D eigenvalue weighted by atomic mass is 9.87. The van der Waals surface area contributed by atoms with Gasteiger partial charge in [0.05, 0.1) is 11.5 Å².